The molecule has 0 atom stereocenters. The second-order valence-electron chi connectivity index (χ2n) is 9.51. The van der Waals surface area contributed by atoms with Gasteiger partial charge in [0.25, 0.3) is 0 Å². The monoisotopic (exact) mass is 700 g/mol. The fourth-order valence-electron chi connectivity index (χ4n) is 5.42. The molecule has 8 aromatic rings. The van der Waals surface area contributed by atoms with E-state index in [1.54, 1.807) is 0 Å². The van der Waals surface area contributed by atoms with E-state index in [1.165, 1.54) is 49.0 Å². The first-order chi connectivity index (χ1) is 19.1. The summed E-state index contributed by atoms with van der Waals surface area (Å²) in [6, 6.07) is 32.1. The zero-order valence-corrected chi connectivity index (χ0v) is 26.0. The summed E-state index contributed by atoms with van der Waals surface area (Å²) in [6.07, 6.45) is 3.72. The summed E-state index contributed by atoms with van der Waals surface area (Å²) in [6.45, 7) is 4.26. The topological polar surface area (TPSA) is 34.6 Å². The van der Waals surface area contributed by atoms with Gasteiger partial charge in [0.2, 0.25) is 0 Å². The van der Waals surface area contributed by atoms with Gasteiger partial charge in [-0.05, 0) is 58.7 Å². The Hall–Kier alpha value is -3.26. The van der Waals surface area contributed by atoms with Crippen molar-refractivity contribution in [1.29, 1.82) is 0 Å². The molecule has 4 heterocycles. The lowest BCUT2D eigenvalue weighted by molar-refractivity contribution is 1.01. The van der Waals surface area contributed by atoms with Crippen LogP contribution < -0.4 is 0 Å². The number of nitrogens with zero attached hydrogens (tertiary/aromatic N) is 4. The summed E-state index contributed by atoms with van der Waals surface area (Å²) in [5, 5.41) is 16.5. The highest BCUT2D eigenvalue weighted by atomic mass is 80.9. The van der Waals surface area contributed by atoms with E-state index in [2.05, 4.69) is 159 Å². The predicted octanol–water partition coefficient (Wildman–Crippen LogP) is 10.4. The van der Waals surface area contributed by atoms with Crippen LogP contribution in [0.15, 0.2) is 108 Å². The summed E-state index contributed by atoms with van der Waals surface area (Å²) < 4.78 is 5.07. The number of pyridine rings is 2. The maximum atomic E-state index is 4.49. The molecule has 7 heteroatoms. The minimum Gasteiger partial charge on any atom is -0.232 e. The predicted molar refractivity (Wildman–Crippen MR) is 175 cm³/mol. The molecule has 192 valence electrons. The first kappa shape index (κ1) is 26.0. The number of halogens is 3. The third-order valence-electron chi connectivity index (χ3n) is 7.09. The van der Waals surface area contributed by atoms with Gasteiger partial charge in [-0.15, -0.1) is 0 Å². The molecule has 0 N–H and O–H groups in total. The second-order valence-corrected chi connectivity index (χ2v) is 10.4. The molecule has 0 saturated carbocycles. The number of hydrogen-bond acceptors (Lipinski definition) is 2. The van der Waals surface area contributed by atoms with Gasteiger partial charge in [-0.3, -0.25) is 0 Å². The van der Waals surface area contributed by atoms with Crippen LogP contribution in [-0.4, -0.2) is 19.2 Å². The smallest absolute Gasteiger partial charge is 0.0889 e. The number of rotatable bonds is 0. The van der Waals surface area contributed by atoms with Gasteiger partial charge in [0, 0.05) is 49.8 Å². The minimum absolute atomic E-state index is 1.03. The lowest BCUT2D eigenvalue weighted by atomic mass is 10.0. The lowest BCUT2D eigenvalue weighted by Crippen LogP contribution is -1.92. The van der Waals surface area contributed by atoms with Crippen molar-refractivity contribution in [2.75, 3.05) is 0 Å². The zero-order chi connectivity index (χ0) is 27.1. The summed E-state index contributed by atoms with van der Waals surface area (Å²) in [4.78, 5) is 0. The number of hydrogen-bond donors (Lipinski definition) is 0. The van der Waals surface area contributed by atoms with Crippen LogP contribution in [0.25, 0.3) is 54.4 Å². The first-order valence-electron chi connectivity index (χ1n) is 12.4. The summed E-state index contributed by atoms with van der Waals surface area (Å²) in [5.41, 5.74) is 7.17. The van der Waals surface area contributed by atoms with Gasteiger partial charge < -0.3 is 0 Å². The molecule has 0 bridgehead atoms. The Morgan fingerprint density at radius 2 is 1.05 bits per heavy atom. The molecule has 0 radical (unpaired) electrons. The zero-order valence-electron chi connectivity index (χ0n) is 21.2. The molecule has 8 rings (SSSR count). The molecule has 0 amide bonds. The standard InChI is InChI=1S/C16H11BrN2.C16H12N2.Br2/c1-10-6-7-12-13(8-10)11-4-2-3-5-15(11)19-16(12)14(17)9-18-19;1-11-6-7-13-14(10-11)12-4-2-3-5-15(12)18-16(13)8-9-17-18;1-2/h2-9H,1H3;2-10H,1H3;. The molecule has 0 aliphatic heterocycles. The Kier molecular flexibility index (Phi) is 7.14. The van der Waals surface area contributed by atoms with Crippen LogP contribution in [0, 0.1) is 13.8 Å². The number of aromatic nitrogens is 4. The quantitative estimate of drug-likeness (QED) is 0.147. The van der Waals surface area contributed by atoms with Crippen molar-refractivity contribution in [2.45, 2.75) is 13.8 Å². The average Bonchev–Trinajstić information content (AvgIpc) is 3.62. The third-order valence-corrected chi connectivity index (χ3v) is 7.67. The van der Waals surface area contributed by atoms with Crippen LogP contribution in [0.1, 0.15) is 11.1 Å². The van der Waals surface area contributed by atoms with Crippen LogP contribution in [0.3, 0.4) is 0 Å². The van der Waals surface area contributed by atoms with Gasteiger partial charge in [0.05, 0.1) is 38.9 Å². The van der Waals surface area contributed by atoms with Gasteiger partial charge in [0.15, 0.2) is 0 Å². The highest BCUT2D eigenvalue weighted by molar-refractivity contribution is 9.93. The minimum atomic E-state index is 1.03. The van der Waals surface area contributed by atoms with Gasteiger partial charge in [-0.2, -0.15) is 10.2 Å². The normalized spacial score (nSPS) is 11.2. The van der Waals surface area contributed by atoms with Gasteiger partial charge >= 0.3 is 0 Å². The Bertz CT molecular complexity index is 2140. The van der Waals surface area contributed by atoms with E-state index in [1.807, 2.05) is 21.4 Å². The molecular weight excluding hydrogens is 680 g/mol. The summed E-state index contributed by atoms with van der Waals surface area (Å²) in [5.74, 6) is 0. The number of para-hydroxylation sites is 2. The highest BCUT2D eigenvalue weighted by Gasteiger charge is 2.12. The van der Waals surface area contributed by atoms with Crippen LogP contribution in [0.2, 0.25) is 0 Å². The van der Waals surface area contributed by atoms with Gasteiger partial charge in [-0.25, -0.2) is 9.03 Å². The molecule has 4 aromatic heterocycles. The van der Waals surface area contributed by atoms with Crippen molar-refractivity contribution in [3.8, 4) is 0 Å². The Morgan fingerprint density at radius 1 is 0.538 bits per heavy atom. The van der Waals surface area contributed by atoms with E-state index in [4.69, 9.17) is 0 Å². The Balaban J connectivity index is 0.000000134. The third kappa shape index (κ3) is 4.42. The van der Waals surface area contributed by atoms with Gasteiger partial charge in [-0.1, -0.05) is 83.9 Å². The number of fused-ring (bicyclic) bond motifs is 12. The Labute approximate surface area is 249 Å². The molecule has 4 aromatic carbocycles. The SMILES string of the molecule is BrBr.Cc1ccc2c(c1)c1ccccc1n1ncc(Br)c21.Cc1ccc2c(c1)c1ccccc1n1nccc21. The van der Waals surface area contributed by atoms with Crippen molar-refractivity contribution in [3.05, 3.63) is 119 Å². The molecule has 0 aliphatic rings. The number of benzene rings is 4. The average molecular weight is 703 g/mol. The maximum absolute atomic E-state index is 4.49. The van der Waals surface area contributed by atoms with E-state index >= 15 is 0 Å². The maximum Gasteiger partial charge on any atom is 0.0889 e. The summed E-state index contributed by atoms with van der Waals surface area (Å²) in [7, 11) is 0. The van der Waals surface area contributed by atoms with Crippen molar-refractivity contribution < 1.29 is 0 Å². The van der Waals surface area contributed by atoms with E-state index in [9.17, 15) is 0 Å². The van der Waals surface area contributed by atoms with E-state index in [0.29, 0.717) is 0 Å². The largest absolute Gasteiger partial charge is 0.232 e. The van der Waals surface area contributed by atoms with Gasteiger partial charge in [0.1, 0.15) is 0 Å². The van der Waals surface area contributed by atoms with Crippen molar-refractivity contribution in [3.63, 3.8) is 0 Å². The molecule has 0 unspecified atom stereocenters. The second kappa shape index (κ2) is 10.7. The van der Waals surface area contributed by atoms with Crippen LogP contribution >= 0.6 is 44.2 Å². The van der Waals surface area contributed by atoms with Crippen LogP contribution in [-0.2, 0) is 0 Å². The highest BCUT2D eigenvalue weighted by Crippen LogP contribution is 2.33. The van der Waals surface area contributed by atoms with Crippen molar-refractivity contribution >= 4 is 98.6 Å². The number of aryl methyl sites for hydroxylation is 2. The lowest BCUT2D eigenvalue weighted by Gasteiger charge is -2.09. The fourth-order valence-corrected chi connectivity index (χ4v) is 5.89. The van der Waals surface area contributed by atoms with Crippen molar-refractivity contribution in [1.82, 2.24) is 19.2 Å². The van der Waals surface area contributed by atoms with E-state index < -0.39 is 0 Å². The van der Waals surface area contributed by atoms with E-state index in [-0.39, 0.29) is 0 Å². The fraction of sp³-hybridized carbons (Fsp3) is 0.0625. The molecule has 0 saturated heterocycles. The Morgan fingerprint density at radius 3 is 1.72 bits per heavy atom. The molecule has 39 heavy (non-hydrogen) atoms. The molecule has 4 nitrogen and oxygen atoms in total. The molecular formula is C32H23Br3N4. The first-order valence-corrected chi connectivity index (χ1v) is 16.9. The van der Waals surface area contributed by atoms with E-state index in [0.717, 1.165) is 21.0 Å². The van der Waals surface area contributed by atoms with Crippen LogP contribution in [0.4, 0.5) is 0 Å². The molecule has 0 spiro atoms. The molecule has 0 aliphatic carbocycles. The van der Waals surface area contributed by atoms with Crippen molar-refractivity contribution in [2.24, 2.45) is 0 Å². The molecule has 0 fully saturated rings. The van der Waals surface area contributed by atoms with Crippen LogP contribution in [0.5, 0.6) is 0 Å². The summed E-state index contributed by atoms with van der Waals surface area (Å²) >= 11 is 9.11.